The van der Waals surface area contributed by atoms with E-state index in [2.05, 4.69) is 11.6 Å². The van der Waals surface area contributed by atoms with Gasteiger partial charge in [-0.25, -0.2) is 0 Å². The lowest BCUT2D eigenvalue weighted by molar-refractivity contribution is 0.0339. The molecule has 6 nitrogen and oxygen atoms in total. The molecule has 30 heavy (non-hydrogen) atoms. The van der Waals surface area contributed by atoms with Gasteiger partial charge in [-0.05, 0) is 36.6 Å². The maximum Gasteiger partial charge on any atom is 0.254 e. The summed E-state index contributed by atoms with van der Waals surface area (Å²) in [6, 6.07) is 13.6. The van der Waals surface area contributed by atoms with Gasteiger partial charge in [0.2, 0.25) is 0 Å². The molecule has 1 saturated heterocycles. The first-order valence-corrected chi connectivity index (χ1v) is 11.5. The summed E-state index contributed by atoms with van der Waals surface area (Å²) < 4.78 is 26.3. The number of ether oxygens (including phenoxy) is 2. The molecule has 162 valence electrons. The molecule has 2 aromatic rings. The summed E-state index contributed by atoms with van der Waals surface area (Å²) >= 11 is -1.12. The average molecular weight is 431 g/mol. The normalized spacial score (nSPS) is 19.7. The van der Waals surface area contributed by atoms with Gasteiger partial charge in [-0.2, -0.15) is 0 Å². The summed E-state index contributed by atoms with van der Waals surface area (Å²) in [6.07, 6.45) is 0.335. The number of nitrogens with one attached hydrogen (secondary N) is 1. The van der Waals surface area contributed by atoms with Crippen molar-refractivity contribution in [1.29, 1.82) is 0 Å². The molecule has 1 aliphatic heterocycles. The number of benzene rings is 2. The number of rotatable bonds is 8. The highest BCUT2D eigenvalue weighted by atomic mass is 32.2. The van der Waals surface area contributed by atoms with E-state index in [0.29, 0.717) is 24.6 Å². The maximum absolute atomic E-state index is 13.3. The molecule has 0 spiro atoms. The van der Waals surface area contributed by atoms with E-state index in [1.807, 2.05) is 54.3 Å². The molecule has 3 atom stereocenters. The lowest BCUT2D eigenvalue weighted by Gasteiger charge is -2.20. The van der Waals surface area contributed by atoms with Gasteiger partial charge >= 0.3 is 0 Å². The first kappa shape index (κ1) is 22.6. The van der Waals surface area contributed by atoms with Crippen LogP contribution in [-0.2, 0) is 28.3 Å². The Morgan fingerprint density at radius 2 is 1.97 bits per heavy atom. The molecule has 1 heterocycles. The van der Waals surface area contributed by atoms with E-state index < -0.39 is 11.4 Å². The minimum absolute atomic E-state index is 0.0243. The van der Waals surface area contributed by atoms with Gasteiger partial charge in [-0.3, -0.25) is 4.79 Å². The van der Waals surface area contributed by atoms with E-state index in [-0.39, 0.29) is 18.1 Å². The van der Waals surface area contributed by atoms with Gasteiger partial charge in [-0.1, -0.05) is 37.3 Å². The topological polar surface area (TPSA) is 73.9 Å². The molecular formula is C23H30N2O4S. The van der Waals surface area contributed by atoms with E-state index in [0.717, 1.165) is 28.7 Å². The minimum Gasteiger partial charge on any atom is -0.598 e. The summed E-state index contributed by atoms with van der Waals surface area (Å²) in [7, 11) is 3.31. The number of amides is 1. The van der Waals surface area contributed by atoms with Crippen LogP contribution in [0.3, 0.4) is 0 Å². The molecule has 7 heteroatoms. The van der Waals surface area contributed by atoms with Crippen LogP contribution in [0.5, 0.6) is 5.75 Å². The Labute approximate surface area is 181 Å². The largest absolute Gasteiger partial charge is 0.598 e. The molecule has 2 aromatic carbocycles. The van der Waals surface area contributed by atoms with Crippen LogP contribution in [0.2, 0.25) is 0 Å². The third kappa shape index (κ3) is 5.16. The Balaban J connectivity index is 1.74. The number of hydrogen-bond donors (Lipinski definition) is 1. The van der Waals surface area contributed by atoms with Gasteiger partial charge in [0.05, 0.1) is 13.1 Å². The van der Waals surface area contributed by atoms with Crippen LogP contribution < -0.4 is 9.46 Å². The van der Waals surface area contributed by atoms with Crippen LogP contribution in [-0.4, -0.2) is 54.8 Å². The molecule has 1 amide bonds. The van der Waals surface area contributed by atoms with Crippen molar-refractivity contribution in [2.45, 2.75) is 38.2 Å². The number of carbonyl (C=O) groups is 1. The van der Waals surface area contributed by atoms with Gasteiger partial charge in [-0.15, -0.1) is 4.72 Å². The Morgan fingerprint density at radius 1 is 1.23 bits per heavy atom. The van der Waals surface area contributed by atoms with E-state index in [9.17, 15) is 9.35 Å². The van der Waals surface area contributed by atoms with Gasteiger partial charge in [0, 0.05) is 36.6 Å². The van der Waals surface area contributed by atoms with Gasteiger partial charge in [0.1, 0.15) is 18.0 Å². The number of nitrogens with zero attached hydrogens (tertiary/aromatic N) is 1. The van der Waals surface area contributed by atoms with E-state index in [1.165, 1.54) is 0 Å². The second-order valence-corrected chi connectivity index (χ2v) is 8.83. The predicted octanol–water partition coefficient (Wildman–Crippen LogP) is 2.86. The lowest BCUT2D eigenvalue weighted by Crippen LogP contribution is -2.32. The van der Waals surface area contributed by atoms with Crippen molar-refractivity contribution in [2.75, 3.05) is 27.2 Å². The molecule has 1 N–H and O–H groups in total. The van der Waals surface area contributed by atoms with Crippen molar-refractivity contribution < 1.29 is 18.8 Å². The number of hydrogen-bond acceptors (Lipinski definition) is 5. The van der Waals surface area contributed by atoms with E-state index >= 15 is 0 Å². The molecular weight excluding hydrogens is 400 g/mol. The Hall–Kier alpha value is -2.06. The highest BCUT2D eigenvalue weighted by Crippen LogP contribution is 2.25. The molecule has 0 bridgehead atoms. The highest BCUT2D eigenvalue weighted by molar-refractivity contribution is 7.88. The summed E-state index contributed by atoms with van der Waals surface area (Å²) in [5.74, 6) is 1.12. The van der Waals surface area contributed by atoms with Crippen LogP contribution in [0.25, 0.3) is 0 Å². The zero-order valence-corrected chi connectivity index (χ0v) is 18.8. The number of likely N-dealkylation sites (tertiary alicyclic amines) is 1. The van der Waals surface area contributed by atoms with Gasteiger partial charge in [0.15, 0.2) is 5.75 Å². The highest BCUT2D eigenvalue weighted by Gasteiger charge is 2.38. The summed E-state index contributed by atoms with van der Waals surface area (Å²) in [5, 5.41) is 0. The summed E-state index contributed by atoms with van der Waals surface area (Å²) in [6.45, 7) is 4.99. The fourth-order valence-electron chi connectivity index (χ4n) is 3.84. The molecule has 1 aliphatic rings. The molecule has 0 radical (unpaired) electrons. The van der Waals surface area contributed by atoms with E-state index in [4.69, 9.17) is 9.47 Å². The van der Waals surface area contributed by atoms with Crippen LogP contribution >= 0.6 is 0 Å². The first-order valence-electron chi connectivity index (χ1n) is 10.2. The van der Waals surface area contributed by atoms with Crippen LogP contribution in [0.4, 0.5) is 0 Å². The fraction of sp³-hybridized carbons (Fsp3) is 0.435. The lowest BCUT2D eigenvalue weighted by atomic mass is 9.99. The smallest absolute Gasteiger partial charge is 0.254 e. The first-order chi connectivity index (χ1) is 14.5. The Morgan fingerprint density at radius 3 is 2.67 bits per heavy atom. The molecule has 1 fully saturated rings. The van der Waals surface area contributed by atoms with Crippen LogP contribution in [0, 0.1) is 6.92 Å². The number of aryl methyl sites for hydroxylation is 2. The van der Waals surface area contributed by atoms with Crippen molar-refractivity contribution in [3.63, 3.8) is 0 Å². The second kappa shape index (κ2) is 10.3. The average Bonchev–Trinajstić information content (AvgIpc) is 3.16. The SMILES string of the molecule is CCc1cccc(C)c1C(=O)N1CC(OC)[C@H](Oc2cccc(C[S+]([O-])NC)c2)C1. The van der Waals surface area contributed by atoms with Gasteiger partial charge < -0.3 is 18.9 Å². The summed E-state index contributed by atoms with van der Waals surface area (Å²) in [5.41, 5.74) is 3.76. The zero-order valence-electron chi connectivity index (χ0n) is 18.0. The standard InChI is InChI=1S/C23H30N2O4S/c1-5-18-10-6-8-16(2)22(18)23(26)25-13-20(28-4)21(14-25)29-19-11-7-9-17(12-19)15-30(27)24-3/h6-12,20-21,24H,5,13-15H2,1-4H3/t20?,21-,30?/m1/s1. The van der Waals surface area contributed by atoms with Crippen molar-refractivity contribution in [3.05, 3.63) is 64.7 Å². The molecule has 2 unspecified atom stereocenters. The van der Waals surface area contributed by atoms with Crippen LogP contribution in [0.1, 0.15) is 34.0 Å². The van der Waals surface area contributed by atoms with Crippen molar-refractivity contribution in [2.24, 2.45) is 0 Å². The monoisotopic (exact) mass is 430 g/mol. The van der Waals surface area contributed by atoms with Crippen molar-refractivity contribution in [3.8, 4) is 5.75 Å². The maximum atomic E-state index is 13.3. The van der Waals surface area contributed by atoms with Gasteiger partial charge in [0.25, 0.3) is 5.91 Å². The van der Waals surface area contributed by atoms with Crippen LogP contribution in [0.15, 0.2) is 42.5 Å². The van der Waals surface area contributed by atoms with Crippen molar-refractivity contribution in [1.82, 2.24) is 9.62 Å². The minimum atomic E-state index is -1.12. The third-order valence-electron chi connectivity index (χ3n) is 5.47. The number of methoxy groups -OCH3 is 1. The molecule has 0 aliphatic carbocycles. The number of carbonyl (C=O) groups excluding carboxylic acids is 1. The Kier molecular flexibility index (Phi) is 7.77. The second-order valence-electron chi connectivity index (χ2n) is 7.44. The zero-order chi connectivity index (χ0) is 21.7. The third-order valence-corrected chi connectivity index (χ3v) is 6.52. The van der Waals surface area contributed by atoms with E-state index in [1.54, 1.807) is 14.2 Å². The van der Waals surface area contributed by atoms with Crippen molar-refractivity contribution >= 4 is 17.3 Å². The molecule has 3 rings (SSSR count). The Bertz CT molecular complexity index is 876. The fourth-order valence-corrected chi connectivity index (χ4v) is 4.47. The molecule has 0 aromatic heterocycles. The summed E-state index contributed by atoms with van der Waals surface area (Å²) in [4.78, 5) is 15.1. The quantitative estimate of drug-likeness (QED) is 0.652. The predicted molar refractivity (Wildman–Crippen MR) is 119 cm³/mol. The molecule has 0 saturated carbocycles.